The summed E-state index contributed by atoms with van der Waals surface area (Å²) in [5.41, 5.74) is 7.68. The molecule has 3 rings (SSSR count). The van der Waals surface area contributed by atoms with Crippen LogP contribution in [0.5, 0.6) is 0 Å². The predicted octanol–water partition coefficient (Wildman–Crippen LogP) is 3.33. The molecule has 2 heterocycles. The van der Waals surface area contributed by atoms with E-state index in [1.165, 1.54) is 0 Å². The summed E-state index contributed by atoms with van der Waals surface area (Å²) in [6.45, 7) is 2.38. The summed E-state index contributed by atoms with van der Waals surface area (Å²) < 4.78 is 1.63. The van der Waals surface area contributed by atoms with Gasteiger partial charge in [-0.25, -0.2) is 0 Å². The van der Waals surface area contributed by atoms with Gasteiger partial charge in [-0.2, -0.15) is 0 Å². The van der Waals surface area contributed by atoms with E-state index in [1.807, 2.05) is 25.1 Å². The highest BCUT2D eigenvalue weighted by molar-refractivity contribution is 6.34. The van der Waals surface area contributed by atoms with Crippen molar-refractivity contribution in [3.8, 4) is 11.1 Å². The number of H-pyrrole nitrogens is 1. The lowest BCUT2D eigenvalue weighted by Crippen LogP contribution is -2.19. The van der Waals surface area contributed by atoms with Gasteiger partial charge in [0, 0.05) is 29.9 Å². The molecule has 122 valence electrons. The Kier molecular flexibility index (Phi) is 4.27. The number of halogens is 1. The maximum Gasteiger partial charge on any atom is 0.275 e. The average molecular weight is 342 g/mol. The number of fused-ring (bicyclic) bond motifs is 1. The number of benzene rings is 1. The van der Waals surface area contributed by atoms with Crippen molar-refractivity contribution in [2.45, 2.75) is 13.5 Å². The van der Waals surface area contributed by atoms with E-state index in [2.05, 4.69) is 4.98 Å². The number of nitrogens with zero attached hydrogens (tertiary/aromatic N) is 1. The first-order chi connectivity index (χ1) is 11.5. The van der Waals surface area contributed by atoms with E-state index < -0.39 is 5.91 Å². The number of pyridine rings is 1. The van der Waals surface area contributed by atoms with E-state index >= 15 is 0 Å². The second kappa shape index (κ2) is 6.37. The molecule has 0 saturated heterocycles. The summed E-state index contributed by atoms with van der Waals surface area (Å²) in [6, 6.07) is 6.91. The number of carbonyl (C=O) groups excluding carboxylic acids is 1. The molecule has 0 atom stereocenters. The number of nitrogens with two attached hydrogens (primary N) is 1. The third-order valence-corrected chi connectivity index (χ3v) is 4.19. The molecule has 0 unspecified atom stereocenters. The fraction of sp³-hybridized carbons (Fsp3) is 0.111. The lowest BCUT2D eigenvalue weighted by Gasteiger charge is -2.10. The number of rotatable bonds is 4. The van der Waals surface area contributed by atoms with Gasteiger partial charge in [-0.1, -0.05) is 29.8 Å². The molecule has 2 aromatic heterocycles. The SMILES string of the molecule is CC=CCn1cc(-c2ccc(C(N)=O)c(Cl)c2)c2cc[nH]c2c1=O. The molecular formula is C18H16ClN3O2. The van der Waals surface area contributed by atoms with Gasteiger partial charge >= 0.3 is 0 Å². The molecule has 0 aliphatic rings. The number of hydrogen-bond acceptors (Lipinski definition) is 2. The van der Waals surface area contributed by atoms with Gasteiger partial charge in [-0.05, 0) is 30.7 Å². The summed E-state index contributed by atoms with van der Waals surface area (Å²) in [4.78, 5) is 26.8. The molecular weight excluding hydrogens is 326 g/mol. The summed E-state index contributed by atoms with van der Waals surface area (Å²) in [5.74, 6) is -0.573. The van der Waals surface area contributed by atoms with Crippen molar-refractivity contribution in [1.29, 1.82) is 0 Å². The minimum atomic E-state index is -0.573. The fourth-order valence-corrected chi connectivity index (χ4v) is 2.94. The molecule has 3 aromatic rings. The minimum Gasteiger partial charge on any atom is -0.366 e. The highest BCUT2D eigenvalue weighted by Gasteiger charge is 2.13. The van der Waals surface area contributed by atoms with E-state index in [9.17, 15) is 9.59 Å². The van der Waals surface area contributed by atoms with E-state index in [1.54, 1.807) is 35.2 Å². The molecule has 0 bridgehead atoms. The topological polar surface area (TPSA) is 80.9 Å². The standard InChI is InChI=1S/C18H16ClN3O2/c1-2-3-8-22-10-14(12-6-7-21-16(12)18(22)24)11-4-5-13(17(20)23)15(19)9-11/h2-7,9-10,21H,8H2,1H3,(H2,20,23). The van der Waals surface area contributed by atoms with Gasteiger partial charge in [0.25, 0.3) is 5.56 Å². The van der Waals surface area contributed by atoms with E-state index in [0.29, 0.717) is 12.1 Å². The van der Waals surface area contributed by atoms with Crippen LogP contribution in [0.15, 0.2) is 53.6 Å². The molecule has 0 aliphatic carbocycles. The number of hydrogen-bond donors (Lipinski definition) is 2. The van der Waals surface area contributed by atoms with Crippen LogP contribution in [-0.4, -0.2) is 15.5 Å². The zero-order valence-electron chi connectivity index (χ0n) is 13.0. The van der Waals surface area contributed by atoms with Crippen LogP contribution in [0.25, 0.3) is 22.0 Å². The average Bonchev–Trinajstić information content (AvgIpc) is 3.04. The lowest BCUT2D eigenvalue weighted by atomic mass is 10.0. The maximum atomic E-state index is 12.5. The van der Waals surface area contributed by atoms with Crippen molar-refractivity contribution < 1.29 is 4.79 Å². The van der Waals surface area contributed by atoms with E-state index in [-0.39, 0.29) is 16.1 Å². The summed E-state index contributed by atoms with van der Waals surface area (Å²) in [6.07, 6.45) is 7.33. The van der Waals surface area contributed by atoms with Crippen molar-refractivity contribution in [3.63, 3.8) is 0 Å². The molecule has 0 saturated carbocycles. The number of carbonyl (C=O) groups is 1. The lowest BCUT2D eigenvalue weighted by molar-refractivity contribution is 0.100. The second-order valence-corrected chi connectivity index (χ2v) is 5.80. The van der Waals surface area contributed by atoms with Crippen LogP contribution in [0.4, 0.5) is 0 Å². The van der Waals surface area contributed by atoms with Gasteiger partial charge in [-0.15, -0.1) is 0 Å². The Bertz CT molecular complexity index is 1010. The number of amides is 1. The molecule has 0 aliphatic heterocycles. The number of primary amides is 1. The number of nitrogens with one attached hydrogen (secondary N) is 1. The van der Waals surface area contributed by atoms with Gasteiger partial charge in [0.05, 0.1) is 10.6 Å². The van der Waals surface area contributed by atoms with Crippen LogP contribution < -0.4 is 11.3 Å². The predicted molar refractivity (Wildman–Crippen MR) is 96.3 cm³/mol. The number of aromatic amines is 1. The first kappa shape index (κ1) is 16.1. The van der Waals surface area contributed by atoms with E-state index in [0.717, 1.165) is 16.5 Å². The molecule has 24 heavy (non-hydrogen) atoms. The quantitative estimate of drug-likeness (QED) is 0.714. The highest BCUT2D eigenvalue weighted by Crippen LogP contribution is 2.30. The molecule has 1 aromatic carbocycles. The summed E-state index contributed by atoms with van der Waals surface area (Å²) in [7, 11) is 0. The molecule has 0 spiro atoms. The summed E-state index contributed by atoms with van der Waals surface area (Å²) >= 11 is 6.17. The van der Waals surface area contributed by atoms with Gasteiger partial charge in [0.2, 0.25) is 5.91 Å². The molecule has 6 heteroatoms. The fourth-order valence-electron chi connectivity index (χ4n) is 2.67. The van der Waals surface area contributed by atoms with Gasteiger partial charge in [-0.3, -0.25) is 9.59 Å². The van der Waals surface area contributed by atoms with Crippen molar-refractivity contribution in [3.05, 3.63) is 69.8 Å². The first-order valence-electron chi connectivity index (χ1n) is 7.44. The van der Waals surface area contributed by atoms with Crippen LogP contribution in [0.2, 0.25) is 5.02 Å². The van der Waals surface area contributed by atoms with Gasteiger partial charge in [0.15, 0.2) is 0 Å². The Morgan fingerprint density at radius 2 is 2.17 bits per heavy atom. The van der Waals surface area contributed by atoms with E-state index in [4.69, 9.17) is 17.3 Å². The van der Waals surface area contributed by atoms with Crippen LogP contribution in [0.1, 0.15) is 17.3 Å². The van der Waals surface area contributed by atoms with Crippen molar-refractivity contribution >= 4 is 28.4 Å². The number of allylic oxidation sites excluding steroid dienone is 2. The van der Waals surface area contributed by atoms with Gasteiger partial charge in [0.1, 0.15) is 5.52 Å². The zero-order valence-corrected chi connectivity index (χ0v) is 13.8. The van der Waals surface area contributed by atoms with Crippen molar-refractivity contribution in [2.75, 3.05) is 0 Å². The Hall–Kier alpha value is -2.79. The first-order valence-corrected chi connectivity index (χ1v) is 7.82. The normalized spacial score (nSPS) is 11.4. The Balaban J connectivity index is 2.24. The Labute approximate surface area is 143 Å². The van der Waals surface area contributed by atoms with Crippen LogP contribution in [0.3, 0.4) is 0 Å². The number of aromatic nitrogens is 2. The zero-order chi connectivity index (χ0) is 17.3. The molecule has 1 amide bonds. The third kappa shape index (κ3) is 2.74. The van der Waals surface area contributed by atoms with Crippen LogP contribution in [0, 0.1) is 0 Å². The monoisotopic (exact) mass is 341 g/mol. The molecule has 3 N–H and O–H groups in total. The highest BCUT2D eigenvalue weighted by atomic mass is 35.5. The largest absolute Gasteiger partial charge is 0.366 e. The van der Waals surface area contributed by atoms with Crippen molar-refractivity contribution in [1.82, 2.24) is 9.55 Å². The molecule has 5 nitrogen and oxygen atoms in total. The smallest absolute Gasteiger partial charge is 0.275 e. The Morgan fingerprint density at radius 1 is 1.38 bits per heavy atom. The third-order valence-electron chi connectivity index (χ3n) is 3.88. The second-order valence-electron chi connectivity index (χ2n) is 5.39. The maximum absolute atomic E-state index is 12.5. The molecule has 0 radical (unpaired) electrons. The van der Waals surface area contributed by atoms with Gasteiger partial charge < -0.3 is 15.3 Å². The summed E-state index contributed by atoms with van der Waals surface area (Å²) in [5, 5.41) is 1.09. The van der Waals surface area contributed by atoms with Crippen molar-refractivity contribution in [2.24, 2.45) is 5.73 Å². The minimum absolute atomic E-state index is 0.0864. The molecule has 0 fully saturated rings. The Morgan fingerprint density at radius 3 is 2.83 bits per heavy atom. The van der Waals surface area contributed by atoms with Crippen LogP contribution in [-0.2, 0) is 6.54 Å². The van der Waals surface area contributed by atoms with Crippen LogP contribution >= 0.6 is 11.6 Å².